The van der Waals surface area contributed by atoms with Gasteiger partial charge in [0.25, 0.3) is 0 Å². The van der Waals surface area contributed by atoms with E-state index in [-0.39, 0.29) is 35.2 Å². The van der Waals surface area contributed by atoms with E-state index in [4.69, 9.17) is 0 Å². The number of hydrogen-bond donors (Lipinski definition) is 1. The van der Waals surface area contributed by atoms with E-state index in [0.29, 0.717) is 13.0 Å². The van der Waals surface area contributed by atoms with Gasteiger partial charge < -0.3 is 10.2 Å². The molecule has 1 aliphatic carbocycles. The summed E-state index contributed by atoms with van der Waals surface area (Å²) in [6.45, 7) is 6.62. The molecule has 2 amide bonds. The van der Waals surface area contributed by atoms with E-state index in [1.54, 1.807) is 4.90 Å². The smallest absolute Gasteiger partial charge is 0.225 e. The van der Waals surface area contributed by atoms with E-state index >= 15 is 0 Å². The molecule has 4 nitrogen and oxygen atoms in total. The molecule has 0 radical (unpaired) electrons. The molecule has 2 fully saturated rings. The predicted molar refractivity (Wildman–Crippen MR) is 97.6 cm³/mol. The van der Waals surface area contributed by atoms with E-state index in [2.05, 4.69) is 52.4 Å². The van der Waals surface area contributed by atoms with E-state index in [1.807, 2.05) is 13.8 Å². The Balaban J connectivity index is 1.65. The molecule has 3 rings (SSSR count). The third-order valence-electron chi connectivity index (χ3n) is 5.55. The Hall–Kier alpha value is -1.36. The average Bonchev–Trinajstić information content (AvgIpc) is 3.24. The highest BCUT2D eigenvalue weighted by Crippen LogP contribution is 2.51. The number of rotatable bonds is 5. The van der Waals surface area contributed by atoms with Crippen LogP contribution in [0.15, 0.2) is 28.7 Å². The molecular weight excluding hydrogens is 368 g/mol. The average molecular weight is 393 g/mol. The van der Waals surface area contributed by atoms with Gasteiger partial charge in [0.15, 0.2) is 0 Å². The number of nitrogens with one attached hydrogen (secondary N) is 1. The summed E-state index contributed by atoms with van der Waals surface area (Å²) in [5.74, 6) is -0.114. The second kappa shape index (κ2) is 6.51. The van der Waals surface area contributed by atoms with Gasteiger partial charge in [-0.3, -0.25) is 9.59 Å². The van der Waals surface area contributed by atoms with Crippen LogP contribution in [0.25, 0.3) is 0 Å². The maximum Gasteiger partial charge on any atom is 0.225 e. The lowest BCUT2D eigenvalue weighted by atomic mass is 9.88. The summed E-state index contributed by atoms with van der Waals surface area (Å²) in [5.41, 5.74) is 1.33. The molecule has 2 unspecified atom stereocenters. The highest BCUT2D eigenvalue weighted by Gasteiger charge is 2.50. The SMILES string of the molecule is CC(C)N1CC(C(=O)NC(C)C2(c3ccc(Br)cc3)CC2)CC1=O. The summed E-state index contributed by atoms with van der Waals surface area (Å²) in [5, 5.41) is 3.19. The zero-order valence-corrected chi connectivity index (χ0v) is 16.1. The molecule has 0 spiro atoms. The molecule has 1 N–H and O–H groups in total. The molecule has 2 atom stereocenters. The van der Waals surface area contributed by atoms with Gasteiger partial charge in [-0.15, -0.1) is 0 Å². The Labute approximate surface area is 152 Å². The Bertz CT molecular complexity index is 637. The quantitative estimate of drug-likeness (QED) is 0.835. The van der Waals surface area contributed by atoms with Gasteiger partial charge in [-0.05, 0) is 51.3 Å². The highest BCUT2D eigenvalue weighted by molar-refractivity contribution is 9.10. The fraction of sp³-hybridized carbons (Fsp3) is 0.579. The largest absolute Gasteiger partial charge is 0.352 e. The van der Waals surface area contributed by atoms with Gasteiger partial charge in [0.2, 0.25) is 11.8 Å². The van der Waals surface area contributed by atoms with Crippen LogP contribution in [0, 0.1) is 5.92 Å². The van der Waals surface area contributed by atoms with Crippen LogP contribution in [0.4, 0.5) is 0 Å². The molecule has 1 heterocycles. The van der Waals surface area contributed by atoms with Crippen LogP contribution in [0.2, 0.25) is 0 Å². The molecule has 2 aliphatic rings. The molecule has 1 aromatic carbocycles. The van der Waals surface area contributed by atoms with Gasteiger partial charge in [-0.1, -0.05) is 28.1 Å². The zero-order chi connectivity index (χ0) is 17.5. The van der Waals surface area contributed by atoms with Gasteiger partial charge in [0.1, 0.15) is 0 Å². The summed E-state index contributed by atoms with van der Waals surface area (Å²) in [6.07, 6.45) is 2.53. The maximum absolute atomic E-state index is 12.6. The molecule has 1 aromatic rings. The van der Waals surface area contributed by atoms with Crippen molar-refractivity contribution in [3.63, 3.8) is 0 Å². The molecule has 0 aromatic heterocycles. The molecule has 0 bridgehead atoms. The summed E-state index contributed by atoms with van der Waals surface area (Å²) >= 11 is 3.47. The maximum atomic E-state index is 12.6. The molecule has 1 aliphatic heterocycles. The van der Waals surface area contributed by atoms with Gasteiger partial charge in [-0.25, -0.2) is 0 Å². The molecule has 1 saturated carbocycles. The fourth-order valence-corrected chi connectivity index (χ4v) is 4.03. The minimum atomic E-state index is -0.219. The standard InChI is InChI=1S/C19H25BrN2O2/c1-12(2)22-11-14(10-17(22)23)18(24)21-13(3)19(8-9-19)15-4-6-16(20)7-5-15/h4-7,12-14H,8-11H2,1-3H3,(H,21,24). The molecule has 1 saturated heterocycles. The normalized spacial score (nSPS) is 23.5. The summed E-state index contributed by atoms with van der Waals surface area (Å²) in [6, 6.07) is 8.62. The number of carbonyl (C=O) groups excluding carboxylic acids is 2. The first-order valence-corrected chi connectivity index (χ1v) is 9.48. The van der Waals surface area contributed by atoms with Crippen molar-refractivity contribution in [2.45, 2.75) is 57.5 Å². The van der Waals surface area contributed by atoms with Crippen LogP contribution in [-0.2, 0) is 15.0 Å². The highest BCUT2D eigenvalue weighted by atomic mass is 79.9. The van der Waals surface area contributed by atoms with Gasteiger partial charge in [0.05, 0.1) is 5.92 Å². The van der Waals surface area contributed by atoms with Crippen molar-refractivity contribution < 1.29 is 9.59 Å². The second-order valence-corrected chi connectivity index (χ2v) is 8.35. The number of halogens is 1. The van der Waals surface area contributed by atoms with Crippen molar-refractivity contribution >= 4 is 27.7 Å². The Morgan fingerprint density at radius 1 is 1.25 bits per heavy atom. The van der Waals surface area contributed by atoms with E-state index in [1.165, 1.54) is 5.56 Å². The first-order chi connectivity index (χ1) is 11.3. The van der Waals surface area contributed by atoms with Crippen molar-refractivity contribution in [1.29, 1.82) is 0 Å². The summed E-state index contributed by atoms with van der Waals surface area (Å²) in [4.78, 5) is 26.5. The van der Waals surface area contributed by atoms with Crippen molar-refractivity contribution in [2.24, 2.45) is 5.92 Å². The third kappa shape index (κ3) is 3.23. The van der Waals surface area contributed by atoms with E-state index in [9.17, 15) is 9.59 Å². The lowest BCUT2D eigenvalue weighted by Crippen LogP contribution is -2.44. The van der Waals surface area contributed by atoms with Crippen LogP contribution >= 0.6 is 15.9 Å². The van der Waals surface area contributed by atoms with Gasteiger partial charge in [0, 0.05) is 34.9 Å². The predicted octanol–water partition coefficient (Wildman–Crippen LogP) is 3.24. The number of hydrogen-bond acceptors (Lipinski definition) is 2. The lowest BCUT2D eigenvalue weighted by Gasteiger charge is -2.27. The molecular formula is C19H25BrN2O2. The minimum Gasteiger partial charge on any atom is -0.352 e. The number of carbonyl (C=O) groups is 2. The van der Waals surface area contributed by atoms with Crippen molar-refractivity contribution in [2.75, 3.05) is 6.54 Å². The van der Waals surface area contributed by atoms with E-state index < -0.39 is 0 Å². The first kappa shape index (κ1) is 17.5. The zero-order valence-electron chi connectivity index (χ0n) is 14.5. The Kier molecular flexibility index (Phi) is 4.73. The number of likely N-dealkylation sites (tertiary alicyclic amines) is 1. The number of benzene rings is 1. The van der Waals surface area contributed by atoms with Crippen molar-refractivity contribution in [3.8, 4) is 0 Å². The Morgan fingerprint density at radius 3 is 2.38 bits per heavy atom. The summed E-state index contributed by atoms with van der Waals surface area (Å²) in [7, 11) is 0. The third-order valence-corrected chi connectivity index (χ3v) is 6.08. The number of nitrogens with zero attached hydrogens (tertiary/aromatic N) is 1. The van der Waals surface area contributed by atoms with Crippen LogP contribution in [0.5, 0.6) is 0 Å². The topological polar surface area (TPSA) is 49.4 Å². The van der Waals surface area contributed by atoms with Crippen LogP contribution in [0.3, 0.4) is 0 Å². The van der Waals surface area contributed by atoms with Crippen molar-refractivity contribution in [1.82, 2.24) is 10.2 Å². The molecule has 24 heavy (non-hydrogen) atoms. The fourth-order valence-electron chi connectivity index (χ4n) is 3.76. The van der Waals surface area contributed by atoms with Crippen molar-refractivity contribution in [3.05, 3.63) is 34.3 Å². The Morgan fingerprint density at radius 2 is 1.88 bits per heavy atom. The van der Waals surface area contributed by atoms with Crippen LogP contribution in [-0.4, -0.2) is 35.3 Å². The second-order valence-electron chi connectivity index (χ2n) is 7.43. The van der Waals surface area contributed by atoms with Gasteiger partial charge in [-0.2, -0.15) is 0 Å². The van der Waals surface area contributed by atoms with E-state index in [0.717, 1.165) is 17.3 Å². The van der Waals surface area contributed by atoms with Crippen LogP contribution < -0.4 is 5.32 Å². The van der Waals surface area contributed by atoms with Gasteiger partial charge >= 0.3 is 0 Å². The molecule has 5 heteroatoms. The monoisotopic (exact) mass is 392 g/mol. The lowest BCUT2D eigenvalue weighted by molar-refractivity contribution is -0.130. The number of amides is 2. The molecule has 130 valence electrons. The minimum absolute atomic E-state index is 0.0161. The first-order valence-electron chi connectivity index (χ1n) is 8.69. The summed E-state index contributed by atoms with van der Waals surface area (Å²) < 4.78 is 1.07. The van der Waals surface area contributed by atoms with Crippen LogP contribution in [0.1, 0.15) is 45.6 Å².